The lowest BCUT2D eigenvalue weighted by Gasteiger charge is -2.64. The molecule has 3 aromatic rings. The van der Waals surface area contributed by atoms with Gasteiger partial charge in [0.05, 0.1) is 22.2 Å². The van der Waals surface area contributed by atoms with Gasteiger partial charge in [-0.05, 0) is 62.5 Å². The molecule has 1 saturated heterocycles. The van der Waals surface area contributed by atoms with Crippen LogP contribution in [0.15, 0.2) is 36.4 Å². The fraction of sp³-hybridized carbons (Fsp3) is 0.407. The van der Waals surface area contributed by atoms with Gasteiger partial charge in [-0.25, -0.2) is 9.78 Å². The summed E-state index contributed by atoms with van der Waals surface area (Å²) in [7, 11) is 2.22. The summed E-state index contributed by atoms with van der Waals surface area (Å²) >= 11 is 0. The van der Waals surface area contributed by atoms with E-state index in [0.717, 1.165) is 52.9 Å². The minimum absolute atomic E-state index is 0.127. The highest BCUT2D eigenvalue weighted by Crippen LogP contribution is 2.71. The molecule has 7 rings (SSSR count). The second-order valence-corrected chi connectivity index (χ2v) is 10.4. The third-order valence-electron chi connectivity index (χ3n) is 9.16. The fourth-order valence-electron chi connectivity index (χ4n) is 7.74. The Morgan fingerprint density at radius 1 is 1.25 bits per heavy atom. The van der Waals surface area contributed by atoms with Gasteiger partial charge in [-0.2, -0.15) is 0 Å². The first-order valence-corrected chi connectivity index (χ1v) is 11.5. The molecule has 1 unspecified atom stereocenters. The molecule has 2 aromatic carbocycles. The number of fused-ring (bicyclic) bond motifs is 3. The Bertz CT molecular complexity index is 1360. The lowest BCUT2D eigenvalue weighted by Crippen LogP contribution is -2.68. The average Bonchev–Trinajstić information content (AvgIpc) is 3.12. The number of hydrogen-bond acceptors (Lipinski definition) is 4. The van der Waals surface area contributed by atoms with Gasteiger partial charge in [0.25, 0.3) is 0 Å². The number of piperidine rings is 1. The number of aryl methyl sites for hydroxylation is 1. The van der Waals surface area contributed by atoms with Crippen LogP contribution in [0.3, 0.4) is 0 Å². The van der Waals surface area contributed by atoms with Gasteiger partial charge in [-0.3, -0.25) is 0 Å². The number of likely N-dealkylation sites (tertiary alicyclic amines) is 1. The number of likely N-dealkylation sites (N-methyl/N-ethyl adjacent to an activating group) is 1. The number of rotatable bonds is 1. The first kappa shape index (κ1) is 18.6. The van der Waals surface area contributed by atoms with E-state index < -0.39 is 5.97 Å². The molecule has 1 spiro atoms. The predicted octanol–water partition coefficient (Wildman–Crippen LogP) is 4.44. The van der Waals surface area contributed by atoms with Gasteiger partial charge in [0.15, 0.2) is 6.10 Å². The van der Waals surface area contributed by atoms with Crippen LogP contribution >= 0.6 is 0 Å². The van der Waals surface area contributed by atoms with Gasteiger partial charge >= 0.3 is 5.97 Å². The van der Waals surface area contributed by atoms with E-state index in [1.807, 2.05) is 24.3 Å². The monoisotopic (exact) mass is 426 g/mol. The van der Waals surface area contributed by atoms with Crippen LogP contribution in [-0.4, -0.2) is 40.6 Å². The molecule has 0 saturated carbocycles. The van der Waals surface area contributed by atoms with Crippen molar-refractivity contribution in [3.8, 4) is 5.75 Å². The molecule has 4 aliphatic rings. The maximum Gasteiger partial charge on any atom is 0.336 e. The molecule has 2 aliphatic carbocycles. The third kappa shape index (κ3) is 1.88. The van der Waals surface area contributed by atoms with E-state index in [0.29, 0.717) is 18.0 Å². The molecule has 1 aromatic heterocycles. The molecule has 0 radical (unpaired) electrons. The van der Waals surface area contributed by atoms with E-state index in [9.17, 15) is 9.90 Å². The van der Waals surface area contributed by atoms with Crippen LogP contribution in [0.2, 0.25) is 0 Å². The van der Waals surface area contributed by atoms with E-state index in [1.54, 1.807) is 0 Å². The number of carboxylic acid groups (broad SMARTS) is 1. The van der Waals surface area contributed by atoms with Crippen molar-refractivity contribution in [3.63, 3.8) is 0 Å². The molecule has 5 heteroatoms. The summed E-state index contributed by atoms with van der Waals surface area (Å²) < 4.78 is 6.85. The molecule has 1 fully saturated rings. The summed E-state index contributed by atoms with van der Waals surface area (Å²) in [5, 5.41) is 11.0. The molecule has 2 bridgehead atoms. The Morgan fingerprint density at radius 3 is 2.88 bits per heavy atom. The maximum absolute atomic E-state index is 12.6. The van der Waals surface area contributed by atoms with E-state index >= 15 is 0 Å². The highest BCUT2D eigenvalue weighted by molar-refractivity contribution is 6.04. The largest absolute Gasteiger partial charge is 0.483 e. The van der Waals surface area contributed by atoms with Crippen LogP contribution in [0, 0.1) is 12.3 Å². The SMILES string of the molecule is Cc1ccc2c3c1OC1c4nc5ccccc5c(C(=O)O)c4C[C@@]4(C)[C@H](C2)N(C)CC[C@]314. The number of nitrogens with zero attached hydrogens (tertiary/aromatic N) is 2. The van der Waals surface area contributed by atoms with Crippen LogP contribution in [0.25, 0.3) is 10.9 Å². The summed E-state index contributed by atoms with van der Waals surface area (Å²) in [4.78, 5) is 20.2. The lowest BCUT2D eigenvalue weighted by atomic mass is 9.44. The topological polar surface area (TPSA) is 62.7 Å². The minimum Gasteiger partial charge on any atom is -0.483 e. The third-order valence-corrected chi connectivity index (χ3v) is 9.16. The molecular formula is C27H26N2O3. The van der Waals surface area contributed by atoms with Crippen LogP contribution in [0.5, 0.6) is 5.75 Å². The average molecular weight is 427 g/mol. The first-order chi connectivity index (χ1) is 15.4. The first-order valence-electron chi connectivity index (χ1n) is 11.5. The van der Waals surface area contributed by atoms with Gasteiger partial charge in [0.2, 0.25) is 0 Å². The number of carbonyl (C=O) groups is 1. The Labute approximate surface area is 187 Å². The van der Waals surface area contributed by atoms with Gasteiger partial charge in [0.1, 0.15) is 5.75 Å². The number of carboxylic acids is 1. The fourth-order valence-corrected chi connectivity index (χ4v) is 7.74. The normalized spacial score (nSPS) is 31.7. The molecule has 2 aliphatic heterocycles. The van der Waals surface area contributed by atoms with Crippen molar-refractivity contribution in [3.05, 3.63) is 69.9 Å². The summed E-state index contributed by atoms with van der Waals surface area (Å²) in [6, 6.07) is 12.4. The van der Waals surface area contributed by atoms with Crippen molar-refractivity contribution in [2.45, 2.75) is 50.7 Å². The standard InChI is InChI=1S/C27H26N2O3/c1-14-8-9-15-12-19-26(2)13-17-20(25(30)31)16-6-4-5-7-18(16)28-22(17)24-27(26,10-11-29(19)3)21(15)23(14)32-24/h4-9,19,24H,10-13H2,1-3H3,(H,30,31)/t19-,24?,26-,27-/m0/s1. The Balaban J connectivity index is 1.62. The number of aromatic nitrogens is 1. The molecule has 162 valence electrons. The van der Waals surface area contributed by atoms with Gasteiger partial charge < -0.3 is 14.7 Å². The van der Waals surface area contributed by atoms with Crippen LogP contribution in [0.4, 0.5) is 0 Å². The van der Waals surface area contributed by atoms with Crippen LogP contribution in [0.1, 0.15) is 57.8 Å². The van der Waals surface area contributed by atoms with Gasteiger partial charge in [-0.15, -0.1) is 0 Å². The Morgan fingerprint density at radius 2 is 2.06 bits per heavy atom. The van der Waals surface area contributed by atoms with Gasteiger partial charge in [-0.1, -0.05) is 37.3 Å². The summed E-state index contributed by atoms with van der Waals surface area (Å²) in [5.74, 6) is 0.141. The lowest BCUT2D eigenvalue weighted by molar-refractivity contribution is -0.0910. The number of aromatic carboxylic acids is 1. The number of pyridine rings is 1. The number of hydrogen-bond donors (Lipinski definition) is 1. The number of ether oxygens (including phenoxy) is 1. The summed E-state index contributed by atoms with van der Waals surface area (Å²) in [5.41, 5.74) is 6.49. The molecule has 3 heterocycles. The maximum atomic E-state index is 12.6. The molecule has 32 heavy (non-hydrogen) atoms. The predicted molar refractivity (Wildman–Crippen MR) is 121 cm³/mol. The Kier molecular flexibility index (Phi) is 3.32. The second kappa shape index (κ2) is 5.70. The quantitative estimate of drug-likeness (QED) is 0.624. The zero-order chi connectivity index (χ0) is 22.0. The van der Waals surface area contributed by atoms with Crippen molar-refractivity contribution < 1.29 is 14.6 Å². The van der Waals surface area contributed by atoms with Crippen molar-refractivity contribution in [1.29, 1.82) is 0 Å². The van der Waals surface area contributed by atoms with E-state index in [-0.39, 0.29) is 16.9 Å². The number of benzene rings is 2. The van der Waals surface area contributed by atoms with Crippen LogP contribution < -0.4 is 4.74 Å². The van der Waals surface area contributed by atoms with Crippen molar-refractivity contribution >= 4 is 16.9 Å². The van der Waals surface area contributed by atoms with E-state index in [1.165, 1.54) is 11.1 Å². The van der Waals surface area contributed by atoms with Crippen molar-refractivity contribution in [1.82, 2.24) is 9.88 Å². The zero-order valence-corrected chi connectivity index (χ0v) is 18.6. The summed E-state index contributed by atoms with van der Waals surface area (Å²) in [6.45, 7) is 5.52. The van der Waals surface area contributed by atoms with Crippen molar-refractivity contribution in [2.24, 2.45) is 5.41 Å². The molecule has 1 N–H and O–H groups in total. The smallest absolute Gasteiger partial charge is 0.336 e. The Hall–Kier alpha value is -2.92. The highest BCUT2D eigenvalue weighted by atomic mass is 16.5. The van der Waals surface area contributed by atoms with E-state index in [4.69, 9.17) is 9.72 Å². The summed E-state index contributed by atoms with van der Waals surface area (Å²) in [6.07, 6.45) is 2.45. The molecule has 0 amide bonds. The molecule has 4 atom stereocenters. The van der Waals surface area contributed by atoms with Crippen LogP contribution in [-0.2, 0) is 18.3 Å². The molecular weight excluding hydrogens is 400 g/mol. The van der Waals surface area contributed by atoms with Gasteiger partial charge in [0, 0.05) is 22.4 Å². The second-order valence-electron chi connectivity index (χ2n) is 10.4. The van der Waals surface area contributed by atoms with Crippen molar-refractivity contribution in [2.75, 3.05) is 13.6 Å². The van der Waals surface area contributed by atoms with E-state index in [2.05, 4.69) is 37.9 Å². The minimum atomic E-state index is -0.874. The highest BCUT2D eigenvalue weighted by Gasteiger charge is 2.70. The number of para-hydroxylation sites is 1. The zero-order valence-electron chi connectivity index (χ0n) is 18.6. The molecule has 5 nitrogen and oxygen atoms in total.